The molecule has 2 N–H and O–H groups in total. The highest BCUT2D eigenvalue weighted by molar-refractivity contribution is 5.68. The topological polar surface area (TPSA) is 58.8 Å². The zero-order valence-corrected chi connectivity index (χ0v) is 15.0. The van der Waals surface area contributed by atoms with Crippen LogP contribution < -0.4 is 5.73 Å². The molecule has 0 radical (unpaired) electrons. The van der Waals surface area contributed by atoms with Crippen molar-refractivity contribution in [3.8, 4) is 0 Å². The van der Waals surface area contributed by atoms with Crippen molar-refractivity contribution in [2.75, 3.05) is 26.2 Å². The fourth-order valence-electron chi connectivity index (χ4n) is 3.25. The second kappa shape index (κ2) is 9.64. The highest BCUT2D eigenvalue weighted by Gasteiger charge is 2.28. The maximum atomic E-state index is 12.6. The van der Waals surface area contributed by atoms with Crippen LogP contribution in [0.4, 0.5) is 4.79 Å². The quantitative estimate of drug-likeness (QED) is 0.833. The number of hydrogen-bond donors (Lipinski definition) is 1. The summed E-state index contributed by atoms with van der Waals surface area (Å²) < 4.78 is 5.53. The van der Waals surface area contributed by atoms with Crippen molar-refractivity contribution in [2.24, 2.45) is 5.73 Å². The first kappa shape index (κ1) is 18.7. The van der Waals surface area contributed by atoms with E-state index in [0.717, 1.165) is 25.1 Å². The van der Waals surface area contributed by atoms with E-state index < -0.39 is 0 Å². The van der Waals surface area contributed by atoms with Gasteiger partial charge < -0.3 is 15.4 Å². The Kier molecular flexibility index (Phi) is 7.53. The lowest BCUT2D eigenvalue weighted by molar-refractivity contribution is 0.0589. The van der Waals surface area contributed by atoms with E-state index in [1.54, 1.807) is 0 Å². The third-order valence-corrected chi connectivity index (χ3v) is 4.64. The van der Waals surface area contributed by atoms with Gasteiger partial charge in [-0.05, 0) is 38.8 Å². The summed E-state index contributed by atoms with van der Waals surface area (Å²) in [7, 11) is 0. The van der Waals surface area contributed by atoms with Crippen LogP contribution in [-0.2, 0) is 11.3 Å². The molecular formula is C19H31N3O2. The Morgan fingerprint density at radius 1 is 1.33 bits per heavy atom. The maximum absolute atomic E-state index is 12.6. The molecule has 1 aliphatic heterocycles. The van der Waals surface area contributed by atoms with Gasteiger partial charge in [0.15, 0.2) is 0 Å². The SMILES string of the molecule is CC(C)N(CC1CCCCN1CCN)C(=O)OCc1ccccc1. The number of piperidine rings is 1. The highest BCUT2D eigenvalue weighted by Crippen LogP contribution is 2.19. The minimum absolute atomic E-state index is 0.120. The molecule has 1 fully saturated rings. The molecule has 1 unspecified atom stereocenters. The molecule has 134 valence electrons. The maximum Gasteiger partial charge on any atom is 0.410 e. The van der Waals surface area contributed by atoms with Crippen LogP contribution >= 0.6 is 0 Å². The second-order valence-electron chi connectivity index (χ2n) is 6.76. The van der Waals surface area contributed by atoms with E-state index in [-0.39, 0.29) is 12.1 Å². The minimum atomic E-state index is -0.230. The Bertz CT molecular complexity index is 491. The predicted octanol–water partition coefficient (Wildman–Crippen LogP) is 2.85. The summed E-state index contributed by atoms with van der Waals surface area (Å²) in [5, 5.41) is 0. The molecule has 0 aromatic heterocycles. The Labute approximate surface area is 145 Å². The number of nitrogens with zero attached hydrogens (tertiary/aromatic N) is 2. The van der Waals surface area contributed by atoms with Gasteiger partial charge in [0.25, 0.3) is 0 Å². The minimum Gasteiger partial charge on any atom is -0.445 e. The summed E-state index contributed by atoms with van der Waals surface area (Å²) >= 11 is 0. The lowest BCUT2D eigenvalue weighted by Crippen LogP contribution is -2.51. The van der Waals surface area contributed by atoms with Gasteiger partial charge in [0.2, 0.25) is 0 Å². The molecule has 1 aromatic carbocycles. The van der Waals surface area contributed by atoms with Gasteiger partial charge in [-0.2, -0.15) is 0 Å². The van der Waals surface area contributed by atoms with E-state index in [0.29, 0.717) is 25.7 Å². The van der Waals surface area contributed by atoms with Crippen molar-refractivity contribution >= 4 is 6.09 Å². The van der Waals surface area contributed by atoms with Crippen molar-refractivity contribution in [2.45, 2.75) is 51.8 Å². The van der Waals surface area contributed by atoms with Gasteiger partial charge in [-0.15, -0.1) is 0 Å². The van der Waals surface area contributed by atoms with Crippen LogP contribution in [0.3, 0.4) is 0 Å². The van der Waals surface area contributed by atoms with Gasteiger partial charge >= 0.3 is 6.09 Å². The lowest BCUT2D eigenvalue weighted by Gasteiger charge is -2.39. The number of hydrogen-bond acceptors (Lipinski definition) is 4. The van der Waals surface area contributed by atoms with E-state index in [2.05, 4.69) is 4.90 Å². The van der Waals surface area contributed by atoms with E-state index >= 15 is 0 Å². The fraction of sp³-hybridized carbons (Fsp3) is 0.632. The number of ether oxygens (including phenoxy) is 1. The number of carbonyl (C=O) groups excluding carboxylic acids is 1. The molecular weight excluding hydrogens is 302 g/mol. The van der Waals surface area contributed by atoms with Gasteiger partial charge in [0.05, 0.1) is 0 Å². The van der Waals surface area contributed by atoms with Crippen LogP contribution in [0.2, 0.25) is 0 Å². The number of nitrogens with two attached hydrogens (primary N) is 1. The monoisotopic (exact) mass is 333 g/mol. The van der Waals surface area contributed by atoms with E-state index in [9.17, 15) is 4.79 Å². The zero-order valence-electron chi connectivity index (χ0n) is 15.0. The van der Waals surface area contributed by atoms with Crippen LogP contribution in [0.5, 0.6) is 0 Å². The van der Waals surface area contributed by atoms with Gasteiger partial charge in [-0.25, -0.2) is 4.79 Å². The normalized spacial score (nSPS) is 18.6. The molecule has 2 rings (SSSR count). The molecule has 1 aromatic rings. The first-order valence-corrected chi connectivity index (χ1v) is 9.03. The summed E-state index contributed by atoms with van der Waals surface area (Å²) in [5.41, 5.74) is 6.75. The average Bonchev–Trinajstić information content (AvgIpc) is 2.59. The molecule has 1 saturated heterocycles. The standard InChI is InChI=1S/C19H31N3O2/c1-16(2)22(14-18-10-6-7-12-21(18)13-11-20)19(23)24-15-17-8-4-3-5-9-17/h3-5,8-9,16,18H,6-7,10-15,20H2,1-2H3. The molecule has 1 aliphatic rings. The first-order valence-electron chi connectivity index (χ1n) is 9.03. The predicted molar refractivity (Wildman–Crippen MR) is 96.7 cm³/mol. The molecule has 1 heterocycles. The van der Waals surface area contributed by atoms with Gasteiger partial charge in [0, 0.05) is 31.7 Å². The summed E-state index contributed by atoms with van der Waals surface area (Å²) in [6, 6.07) is 10.3. The van der Waals surface area contributed by atoms with Crippen molar-refractivity contribution in [3.63, 3.8) is 0 Å². The molecule has 5 heteroatoms. The number of carbonyl (C=O) groups is 1. The molecule has 1 atom stereocenters. The van der Waals surface area contributed by atoms with Gasteiger partial charge in [-0.3, -0.25) is 4.90 Å². The van der Waals surface area contributed by atoms with E-state index in [1.807, 2.05) is 49.1 Å². The smallest absolute Gasteiger partial charge is 0.410 e. The fourth-order valence-corrected chi connectivity index (χ4v) is 3.25. The number of rotatable bonds is 7. The third kappa shape index (κ3) is 5.49. The average molecular weight is 333 g/mol. The summed E-state index contributed by atoms with van der Waals surface area (Å²) in [5.74, 6) is 0. The van der Waals surface area contributed by atoms with Crippen molar-refractivity contribution < 1.29 is 9.53 Å². The Hall–Kier alpha value is -1.59. The Balaban J connectivity index is 1.93. The van der Waals surface area contributed by atoms with Crippen molar-refractivity contribution in [1.29, 1.82) is 0 Å². The van der Waals surface area contributed by atoms with Crippen LogP contribution in [0.15, 0.2) is 30.3 Å². The third-order valence-electron chi connectivity index (χ3n) is 4.64. The highest BCUT2D eigenvalue weighted by atomic mass is 16.6. The van der Waals surface area contributed by atoms with Crippen LogP contribution in [0.1, 0.15) is 38.7 Å². The van der Waals surface area contributed by atoms with Crippen LogP contribution in [-0.4, -0.2) is 54.2 Å². The van der Waals surface area contributed by atoms with E-state index in [1.165, 1.54) is 12.8 Å². The summed E-state index contributed by atoms with van der Waals surface area (Å²) in [6.45, 7) is 7.75. The van der Waals surface area contributed by atoms with Crippen LogP contribution in [0.25, 0.3) is 0 Å². The molecule has 0 aliphatic carbocycles. The molecule has 0 saturated carbocycles. The van der Waals surface area contributed by atoms with Gasteiger partial charge in [-0.1, -0.05) is 36.8 Å². The van der Waals surface area contributed by atoms with Gasteiger partial charge in [0.1, 0.15) is 6.61 Å². The Morgan fingerprint density at radius 2 is 2.08 bits per heavy atom. The van der Waals surface area contributed by atoms with Crippen molar-refractivity contribution in [3.05, 3.63) is 35.9 Å². The largest absolute Gasteiger partial charge is 0.445 e. The number of benzene rings is 1. The molecule has 0 bridgehead atoms. The summed E-state index contributed by atoms with van der Waals surface area (Å²) in [4.78, 5) is 16.8. The number of amides is 1. The summed E-state index contributed by atoms with van der Waals surface area (Å²) in [6.07, 6.45) is 3.33. The second-order valence-corrected chi connectivity index (χ2v) is 6.76. The molecule has 1 amide bonds. The zero-order chi connectivity index (χ0) is 17.4. The Morgan fingerprint density at radius 3 is 2.75 bits per heavy atom. The lowest BCUT2D eigenvalue weighted by atomic mass is 10.0. The van der Waals surface area contributed by atoms with E-state index in [4.69, 9.17) is 10.5 Å². The molecule has 0 spiro atoms. The van der Waals surface area contributed by atoms with Crippen molar-refractivity contribution in [1.82, 2.24) is 9.80 Å². The number of likely N-dealkylation sites (tertiary alicyclic amines) is 1. The van der Waals surface area contributed by atoms with Crippen LogP contribution in [0, 0.1) is 0 Å². The molecule has 24 heavy (non-hydrogen) atoms. The molecule has 5 nitrogen and oxygen atoms in total. The first-order chi connectivity index (χ1) is 11.6.